The van der Waals surface area contributed by atoms with Crippen molar-refractivity contribution in [3.8, 4) is 5.75 Å². The zero-order chi connectivity index (χ0) is 20.2. The molecule has 154 valence electrons. The van der Waals surface area contributed by atoms with E-state index in [9.17, 15) is 14.7 Å². The van der Waals surface area contributed by atoms with Crippen molar-refractivity contribution in [2.45, 2.75) is 0 Å². The van der Waals surface area contributed by atoms with Crippen LogP contribution in [0, 0.1) is 0 Å². The lowest BCUT2D eigenvalue weighted by atomic mass is 10.2. The lowest BCUT2D eigenvalue weighted by molar-refractivity contribution is -0.892. The summed E-state index contributed by atoms with van der Waals surface area (Å²) in [7, 11) is 0. The van der Waals surface area contributed by atoms with Crippen LogP contribution in [0.15, 0.2) is 41.8 Å². The van der Waals surface area contributed by atoms with Crippen LogP contribution in [-0.2, 0) is 4.79 Å². The van der Waals surface area contributed by atoms with E-state index in [-0.39, 0.29) is 17.6 Å². The second-order valence-corrected chi connectivity index (χ2v) is 8.53. The highest BCUT2D eigenvalue weighted by Crippen LogP contribution is 2.18. The van der Waals surface area contributed by atoms with Gasteiger partial charge in [0.15, 0.2) is 6.54 Å². The highest BCUT2D eigenvalue weighted by Gasteiger charge is 2.28. The summed E-state index contributed by atoms with van der Waals surface area (Å²) in [5.41, 5.74) is 1.11. The molecule has 0 saturated carbocycles. The molecular formula is C21H27N4O3S+. The topological polar surface area (TPSA) is 68.5 Å². The second-order valence-electron chi connectivity index (χ2n) is 7.58. The fourth-order valence-electron chi connectivity index (χ4n) is 3.96. The standard InChI is InChI=1S/C21H26N4O3S/c26-18-5-3-17(4-6-18)23-9-7-22(8-10-23)16-20(27)24-11-13-25(14-12-24)21(28)19-2-1-15-29-19/h1-6,15,26H,7-14,16H2/p+1. The summed E-state index contributed by atoms with van der Waals surface area (Å²) in [5, 5.41) is 11.3. The minimum atomic E-state index is 0.0723. The van der Waals surface area contributed by atoms with E-state index in [1.807, 2.05) is 39.4 Å². The zero-order valence-electron chi connectivity index (χ0n) is 16.4. The molecule has 0 atom stereocenters. The molecule has 3 heterocycles. The van der Waals surface area contributed by atoms with Crippen LogP contribution in [0.1, 0.15) is 9.67 Å². The van der Waals surface area contributed by atoms with E-state index in [1.165, 1.54) is 16.2 Å². The van der Waals surface area contributed by atoms with E-state index in [0.29, 0.717) is 32.7 Å². The number of quaternary nitrogens is 1. The van der Waals surface area contributed by atoms with Crippen LogP contribution in [0.3, 0.4) is 0 Å². The molecule has 2 saturated heterocycles. The van der Waals surface area contributed by atoms with Gasteiger partial charge in [-0.25, -0.2) is 0 Å². The van der Waals surface area contributed by atoms with Crippen molar-refractivity contribution >= 4 is 28.8 Å². The van der Waals surface area contributed by atoms with E-state index in [0.717, 1.165) is 36.7 Å². The van der Waals surface area contributed by atoms with E-state index in [2.05, 4.69) is 4.90 Å². The Bertz CT molecular complexity index is 824. The van der Waals surface area contributed by atoms with Crippen LogP contribution in [0.25, 0.3) is 0 Å². The number of piperazine rings is 2. The quantitative estimate of drug-likeness (QED) is 0.746. The molecule has 2 aliphatic rings. The zero-order valence-corrected chi connectivity index (χ0v) is 17.2. The third kappa shape index (κ3) is 4.71. The number of nitrogens with zero attached hydrogens (tertiary/aromatic N) is 3. The van der Waals surface area contributed by atoms with Gasteiger partial charge in [-0.1, -0.05) is 6.07 Å². The van der Waals surface area contributed by atoms with Gasteiger partial charge in [0.05, 0.1) is 31.1 Å². The summed E-state index contributed by atoms with van der Waals surface area (Å²) in [6.45, 7) is 6.59. The van der Waals surface area contributed by atoms with E-state index in [4.69, 9.17) is 0 Å². The smallest absolute Gasteiger partial charge is 0.277 e. The molecule has 1 aromatic heterocycles. The summed E-state index contributed by atoms with van der Waals surface area (Å²) >= 11 is 1.46. The SMILES string of the molecule is O=C(C[NH+]1CCN(c2ccc(O)cc2)CC1)N1CCN(C(=O)c2cccs2)CC1. The number of nitrogens with one attached hydrogen (secondary N) is 1. The number of hydrogen-bond donors (Lipinski definition) is 2. The van der Waals surface area contributed by atoms with Gasteiger partial charge in [-0.15, -0.1) is 11.3 Å². The summed E-state index contributed by atoms with van der Waals surface area (Å²) < 4.78 is 0. The van der Waals surface area contributed by atoms with Gasteiger partial charge in [0.1, 0.15) is 5.75 Å². The minimum Gasteiger partial charge on any atom is -0.508 e. The van der Waals surface area contributed by atoms with Crippen LogP contribution in [0.4, 0.5) is 5.69 Å². The maximum atomic E-state index is 12.7. The predicted molar refractivity (Wildman–Crippen MR) is 113 cm³/mol. The van der Waals surface area contributed by atoms with Gasteiger partial charge in [-0.05, 0) is 35.7 Å². The molecule has 2 fully saturated rings. The van der Waals surface area contributed by atoms with Gasteiger partial charge in [-0.2, -0.15) is 0 Å². The minimum absolute atomic E-state index is 0.0723. The largest absolute Gasteiger partial charge is 0.508 e. The van der Waals surface area contributed by atoms with Gasteiger partial charge in [-0.3, -0.25) is 9.59 Å². The number of aromatic hydroxyl groups is 1. The molecule has 0 aliphatic carbocycles. The normalized spacial score (nSPS) is 18.1. The molecule has 2 aliphatic heterocycles. The summed E-state index contributed by atoms with van der Waals surface area (Å²) in [6.07, 6.45) is 0. The fourth-order valence-corrected chi connectivity index (χ4v) is 4.65. The predicted octanol–water partition coefficient (Wildman–Crippen LogP) is 0.143. The number of phenols is 1. The molecule has 0 unspecified atom stereocenters. The maximum absolute atomic E-state index is 12.7. The van der Waals surface area contributed by atoms with Crippen molar-refractivity contribution in [1.29, 1.82) is 0 Å². The van der Waals surface area contributed by atoms with Crippen LogP contribution >= 0.6 is 11.3 Å². The number of hydrogen-bond acceptors (Lipinski definition) is 5. The first-order chi connectivity index (χ1) is 14.1. The van der Waals surface area contributed by atoms with Gasteiger partial charge in [0.25, 0.3) is 11.8 Å². The van der Waals surface area contributed by atoms with Crippen LogP contribution in [0.2, 0.25) is 0 Å². The van der Waals surface area contributed by atoms with Crippen molar-refractivity contribution in [2.24, 2.45) is 0 Å². The molecular weight excluding hydrogens is 388 g/mol. The number of amides is 2. The first-order valence-electron chi connectivity index (χ1n) is 10.1. The van der Waals surface area contributed by atoms with Crippen molar-refractivity contribution in [3.05, 3.63) is 46.7 Å². The Balaban J connectivity index is 1.21. The van der Waals surface area contributed by atoms with Gasteiger partial charge >= 0.3 is 0 Å². The van der Waals surface area contributed by atoms with Crippen LogP contribution in [0.5, 0.6) is 5.75 Å². The number of rotatable bonds is 4. The average Bonchev–Trinajstić information content (AvgIpc) is 3.29. The van der Waals surface area contributed by atoms with E-state index < -0.39 is 0 Å². The van der Waals surface area contributed by atoms with Gasteiger partial charge in [0.2, 0.25) is 0 Å². The van der Waals surface area contributed by atoms with E-state index in [1.54, 1.807) is 12.1 Å². The Hall–Kier alpha value is -2.58. The molecule has 2 aromatic rings. The Labute approximate surface area is 174 Å². The molecule has 0 radical (unpaired) electrons. The Kier molecular flexibility index (Phi) is 6.01. The number of thiophene rings is 1. The molecule has 4 rings (SSSR count). The third-order valence-electron chi connectivity index (χ3n) is 5.74. The lowest BCUT2D eigenvalue weighted by Crippen LogP contribution is -3.16. The molecule has 8 heteroatoms. The molecule has 1 aromatic carbocycles. The fraction of sp³-hybridized carbons (Fsp3) is 0.429. The Morgan fingerprint density at radius 1 is 0.931 bits per heavy atom. The monoisotopic (exact) mass is 415 g/mol. The van der Waals surface area contributed by atoms with Crippen LogP contribution < -0.4 is 9.80 Å². The highest BCUT2D eigenvalue weighted by molar-refractivity contribution is 7.12. The molecule has 0 spiro atoms. The average molecular weight is 416 g/mol. The Morgan fingerprint density at radius 3 is 2.21 bits per heavy atom. The summed E-state index contributed by atoms with van der Waals surface area (Å²) in [5.74, 6) is 0.533. The van der Waals surface area contributed by atoms with Crippen molar-refractivity contribution in [1.82, 2.24) is 9.80 Å². The van der Waals surface area contributed by atoms with Crippen molar-refractivity contribution < 1.29 is 19.6 Å². The molecule has 2 N–H and O–H groups in total. The first kappa shape index (κ1) is 19.7. The molecule has 2 amide bonds. The first-order valence-corrected chi connectivity index (χ1v) is 11.0. The molecule has 29 heavy (non-hydrogen) atoms. The molecule has 7 nitrogen and oxygen atoms in total. The summed E-state index contributed by atoms with van der Waals surface area (Å²) in [4.78, 5) is 33.3. The number of benzene rings is 1. The Morgan fingerprint density at radius 2 is 1.59 bits per heavy atom. The van der Waals surface area contributed by atoms with Gasteiger partial charge < -0.3 is 24.7 Å². The number of phenolic OH excluding ortho intramolecular Hbond substituents is 1. The summed E-state index contributed by atoms with van der Waals surface area (Å²) in [6, 6.07) is 11.0. The third-order valence-corrected chi connectivity index (χ3v) is 6.60. The number of carbonyl (C=O) groups excluding carboxylic acids is 2. The number of carbonyl (C=O) groups is 2. The highest BCUT2D eigenvalue weighted by atomic mass is 32.1. The number of anilines is 1. The maximum Gasteiger partial charge on any atom is 0.277 e. The second kappa shape index (κ2) is 8.84. The van der Waals surface area contributed by atoms with Crippen molar-refractivity contribution in [3.63, 3.8) is 0 Å². The van der Waals surface area contributed by atoms with E-state index >= 15 is 0 Å². The van der Waals surface area contributed by atoms with Crippen molar-refractivity contribution in [2.75, 3.05) is 63.8 Å². The van der Waals surface area contributed by atoms with Crippen LogP contribution in [-0.4, -0.2) is 85.6 Å². The molecule has 0 bridgehead atoms. The lowest BCUT2D eigenvalue weighted by Gasteiger charge is -2.37. The van der Waals surface area contributed by atoms with Gasteiger partial charge in [0, 0.05) is 31.9 Å².